The molecule has 2 aromatic rings. The zero-order valence-corrected chi connectivity index (χ0v) is 12.8. The van der Waals surface area contributed by atoms with Crippen molar-refractivity contribution in [2.24, 2.45) is 5.14 Å². The first-order valence-electron chi connectivity index (χ1n) is 6.36. The number of allylic oxidation sites excluding steroid dienone is 1. The Morgan fingerprint density at radius 2 is 1.82 bits per heavy atom. The molecule has 2 aromatic carbocycles. The van der Waals surface area contributed by atoms with Crippen LogP contribution in [0.1, 0.15) is 10.4 Å². The summed E-state index contributed by atoms with van der Waals surface area (Å²) in [5.74, 6) is -0.162. The van der Waals surface area contributed by atoms with Gasteiger partial charge in [0.1, 0.15) is 5.75 Å². The molecule has 22 heavy (non-hydrogen) atoms. The van der Waals surface area contributed by atoms with Crippen LogP contribution < -0.4 is 9.88 Å². The van der Waals surface area contributed by atoms with Crippen LogP contribution in [0, 0.1) is 0 Å². The van der Waals surface area contributed by atoms with E-state index in [0.717, 1.165) is 6.08 Å². The summed E-state index contributed by atoms with van der Waals surface area (Å²) in [7, 11) is -2.62. The third kappa shape index (κ3) is 2.93. The van der Waals surface area contributed by atoms with Gasteiger partial charge >= 0.3 is 0 Å². The second-order valence-electron chi connectivity index (χ2n) is 4.50. The first-order valence-corrected chi connectivity index (χ1v) is 7.90. The van der Waals surface area contributed by atoms with Gasteiger partial charge in [-0.05, 0) is 23.8 Å². The Morgan fingerprint density at radius 3 is 2.32 bits per heavy atom. The van der Waals surface area contributed by atoms with Crippen molar-refractivity contribution >= 4 is 15.8 Å². The van der Waals surface area contributed by atoms with Gasteiger partial charge in [-0.2, -0.15) is 0 Å². The fourth-order valence-electron chi connectivity index (χ4n) is 2.21. The largest absolute Gasteiger partial charge is 0.496 e. The number of ketones is 1. The Hall–Kier alpha value is -2.44. The van der Waals surface area contributed by atoms with E-state index in [1.165, 1.54) is 19.2 Å². The zero-order valence-electron chi connectivity index (χ0n) is 11.9. The molecule has 0 aliphatic carbocycles. The lowest BCUT2D eigenvalue weighted by Gasteiger charge is -2.15. The number of primary sulfonamides is 1. The van der Waals surface area contributed by atoms with Gasteiger partial charge in [0, 0.05) is 5.56 Å². The van der Waals surface area contributed by atoms with Gasteiger partial charge in [-0.3, -0.25) is 4.79 Å². The Kier molecular flexibility index (Phi) is 4.44. The first-order chi connectivity index (χ1) is 10.4. The Balaban J connectivity index is 2.95. The number of carbonyl (C=O) groups is 1. The molecule has 0 aliphatic heterocycles. The lowest BCUT2D eigenvalue weighted by molar-refractivity contribution is 0.104. The summed E-state index contributed by atoms with van der Waals surface area (Å²) < 4.78 is 28.9. The predicted octanol–water partition coefficient (Wildman–Crippen LogP) is 2.38. The van der Waals surface area contributed by atoms with E-state index in [1.54, 1.807) is 24.3 Å². The van der Waals surface area contributed by atoms with Gasteiger partial charge in [0.15, 0.2) is 5.78 Å². The number of rotatable bonds is 5. The van der Waals surface area contributed by atoms with E-state index in [4.69, 9.17) is 9.88 Å². The van der Waals surface area contributed by atoms with Crippen LogP contribution in [0.5, 0.6) is 5.75 Å². The van der Waals surface area contributed by atoms with Crippen LogP contribution in [-0.4, -0.2) is 21.3 Å². The summed E-state index contributed by atoms with van der Waals surface area (Å²) in [5, 5.41) is 5.23. The molecule has 6 heteroatoms. The average molecular weight is 317 g/mol. The van der Waals surface area contributed by atoms with Crippen molar-refractivity contribution in [2.75, 3.05) is 7.11 Å². The summed E-state index contributed by atoms with van der Waals surface area (Å²) in [6.45, 7) is 3.42. The Bertz CT molecular complexity index is 827. The minimum atomic E-state index is -4.07. The quantitative estimate of drug-likeness (QED) is 0.677. The molecule has 0 amide bonds. The van der Waals surface area contributed by atoms with E-state index in [1.807, 2.05) is 6.07 Å². The molecular formula is C16H15NO4S. The summed E-state index contributed by atoms with van der Waals surface area (Å²) in [4.78, 5) is 12.0. The van der Waals surface area contributed by atoms with Crippen LogP contribution in [0.2, 0.25) is 0 Å². The molecule has 0 saturated heterocycles. The third-order valence-electron chi connectivity index (χ3n) is 3.15. The number of hydrogen-bond acceptors (Lipinski definition) is 4. The number of hydrogen-bond donors (Lipinski definition) is 1. The van der Waals surface area contributed by atoms with E-state index >= 15 is 0 Å². The van der Waals surface area contributed by atoms with Crippen molar-refractivity contribution in [2.45, 2.75) is 4.90 Å². The molecule has 0 bridgehead atoms. The molecule has 0 atom stereocenters. The van der Waals surface area contributed by atoms with Crippen LogP contribution >= 0.6 is 0 Å². The summed E-state index contributed by atoms with van der Waals surface area (Å²) in [5.41, 5.74) is 0.984. The maximum absolute atomic E-state index is 12.2. The van der Waals surface area contributed by atoms with E-state index in [9.17, 15) is 13.2 Å². The molecule has 0 aliphatic rings. The van der Waals surface area contributed by atoms with Crippen LogP contribution in [0.15, 0.2) is 60.0 Å². The molecule has 0 unspecified atom stereocenters. The molecule has 114 valence electrons. The van der Waals surface area contributed by atoms with Gasteiger partial charge in [-0.1, -0.05) is 36.9 Å². The topological polar surface area (TPSA) is 86.5 Å². The smallest absolute Gasteiger partial charge is 0.238 e. The van der Waals surface area contributed by atoms with E-state index in [2.05, 4.69) is 6.58 Å². The number of methoxy groups -OCH3 is 1. The number of carbonyl (C=O) groups excluding carboxylic acids is 1. The van der Waals surface area contributed by atoms with Gasteiger partial charge in [0.2, 0.25) is 10.0 Å². The molecule has 0 aromatic heterocycles. The van der Waals surface area contributed by atoms with E-state index in [0.29, 0.717) is 16.9 Å². The van der Waals surface area contributed by atoms with Crippen molar-refractivity contribution in [3.05, 3.63) is 60.7 Å². The molecular weight excluding hydrogens is 302 g/mol. The zero-order chi connectivity index (χ0) is 16.3. The molecule has 2 N–H and O–H groups in total. The van der Waals surface area contributed by atoms with Crippen molar-refractivity contribution in [3.63, 3.8) is 0 Å². The highest BCUT2D eigenvalue weighted by molar-refractivity contribution is 7.89. The first kappa shape index (κ1) is 15.9. The SMILES string of the molecule is C=CC(=O)c1c(S(N)(=O)=O)ccc(OC)c1-c1ccccc1. The minimum Gasteiger partial charge on any atom is -0.496 e. The monoisotopic (exact) mass is 317 g/mol. The minimum absolute atomic E-state index is 0.0388. The molecule has 0 saturated carbocycles. The van der Waals surface area contributed by atoms with Crippen LogP contribution in [0.25, 0.3) is 11.1 Å². The van der Waals surface area contributed by atoms with Crippen LogP contribution in [0.3, 0.4) is 0 Å². The number of benzene rings is 2. The normalized spacial score (nSPS) is 11.0. The Labute approximate surface area is 129 Å². The summed E-state index contributed by atoms with van der Waals surface area (Å²) in [6.07, 6.45) is 1.05. The van der Waals surface area contributed by atoms with E-state index in [-0.39, 0.29) is 10.5 Å². The molecule has 0 spiro atoms. The maximum atomic E-state index is 12.2. The number of ether oxygens (including phenoxy) is 1. The molecule has 5 nitrogen and oxygen atoms in total. The lowest BCUT2D eigenvalue weighted by Crippen LogP contribution is -2.17. The van der Waals surface area contributed by atoms with Gasteiger partial charge in [-0.25, -0.2) is 13.6 Å². The Morgan fingerprint density at radius 1 is 1.18 bits per heavy atom. The van der Waals surface area contributed by atoms with Crippen molar-refractivity contribution in [1.82, 2.24) is 0 Å². The lowest BCUT2D eigenvalue weighted by atomic mass is 9.96. The molecule has 2 rings (SSSR count). The highest BCUT2D eigenvalue weighted by Gasteiger charge is 2.25. The predicted molar refractivity (Wildman–Crippen MR) is 84.3 cm³/mol. The fourth-order valence-corrected chi connectivity index (χ4v) is 2.95. The number of nitrogens with two attached hydrogens (primary N) is 1. The molecule has 0 heterocycles. The molecule has 0 radical (unpaired) electrons. The van der Waals surface area contributed by atoms with Crippen LogP contribution in [0.4, 0.5) is 0 Å². The van der Waals surface area contributed by atoms with Crippen LogP contribution in [-0.2, 0) is 10.0 Å². The fraction of sp³-hybridized carbons (Fsp3) is 0.0625. The highest BCUT2D eigenvalue weighted by Crippen LogP contribution is 2.37. The summed E-state index contributed by atoms with van der Waals surface area (Å²) >= 11 is 0. The van der Waals surface area contributed by atoms with Crippen molar-refractivity contribution < 1.29 is 17.9 Å². The van der Waals surface area contributed by atoms with Gasteiger partial charge in [0.25, 0.3) is 0 Å². The average Bonchev–Trinajstić information content (AvgIpc) is 2.52. The molecule has 0 fully saturated rings. The summed E-state index contributed by atoms with van der Waals surface area (Å²) in [6, 6.07) is 11.6. The third-order valence-corrected chi connectivity index (χ3v) is 4.10. The van der Waals surface area contributed by atoms with Gasteiger partial charge in [-0.15, -0.1) is 0 Å². The number of sulfonamides is 1. The van der Waals surface area contributed by atoms with Crippen molar-refractivity contribution in [1.29, 1.82) is 0 Å². The van der Waals surface area contributed by atoms with E-state index < -0.39 is 15.8 Å². The van der Waals surface area contributed by atoms with Gasteiger partial charge < -0.3 is 4.74 Å². The van der Waals surface area contributed by atoms with Gasteiger partial charge in [0.05, 0.1) is 17.6 Å². The second-order valence-corrected chi connectivity index (χ2v) is 6.03. The maximum Gasteiger partial charge on any atom is 0.238 e. The standard InChI is InChI=1S/C16H15NO4S/c1-3-12(18)16-14(22(17,19)20)10-9-13(21-2)15(16)11-7-5-4-6-8-11/h3-10H,1H2,2H3,(H2,17,19,20). The highest BCUT2D eigenvalue weighted by atomic mass is 32.2. The van der Waals surface area contributed by atoms with Crippen molar-refractivity contribution in [3.8, 4) is 16.9 Å². The second kappa shape index (κ2) is 6.13.